The largest absolute Gasteiger partial charge is 0.493 e. The van der Waals surface area contributed by atoms with Crippen molar-refractivity contribution in [2.75, 3.05) is 27.4 Å². The first kappa shape index (κ1) is 33.0. The van der Waals surface area contributed by atoms with Crippen LogP contribution in [0.25, 0.3) is 0 Å². The highest BCUT2D eigenvalue weighted by atomic mass is 35.5. The number of amides is 2. The predicted molar refractivity (Wildman–Crippen MR) is 168 cm³/mol. The van der Waals surface area contributed by atoms with Crippen molar-refractivity contribution in [1.29, 1.82) is 0 Å². The van der Waals surface area contributed by atoms with E-state index in [1.54, 1.807) is 56.5 Å². The van der Waals surface area contributed by atoms with Gasteiger partial charge in [0.25, 0.3) is 0 Å². The summed E-state index contributed by atoms with van der Waals surface area (Å²) in [6.07, 6.45) is 0.363. The van der Waals surface area contributed by atoms with E-state index in [2.05, 4.69) is 21.2 Å². The first-order valence-corrected chi connectivity index (χ1v) is 14.4. The van der Waals surface area contributed by atoms with Crippen LogP contribution in [0, 0.1) is 0 Å². The van der Waals surface area contributed by atoms with Crippen LogP contribution in [0.3, 0.4) is 0 Å². The van der Waals surface area contributed by atoms with Crippen LogP contribution in [0.2, 0.25) is 5.02 Å². The Kier molecular flexibility index (Phi) is 11.5. The summed E-state index contributed by atoms with van der Waals surface area (Å²) in [6.45, 7) is 3.88. The number of nitrogens with one attached hydrogen (secondary N) is 3. The normalized spacial score (nSPS) is 15.2. The van der Waals surface area contributed by atoms with E-state index in [1.165, 1.54) is 13.3 Å². The molecule has 12 nitrogen and oxygen atoms in total. The summed E-state index contributed by atoms with van der Waals surface area (Å²) < 4.78 is 27.8. The molecule has 0 unspecified atom stereocenters. The lowest BCUT2D eigenvalue weighted by atomic mass is 9.95. The molecule has 0 fully saturated rings. The SMILES string of the molecule is CCOc1cc([C@H]2NC(=O)NC(C)=C2C(=O)OC)ccc1OC[C@@H](O)N/N=C\c1ccc(OCc2ccccc2Cl)c(OC)c1. The lowest BCUT2D eigenvalue weighted by Crippen LogP contribution is -2.45. The summed E-state index contributed by atoms with van der Waals surface area (Å²) in [7, 11) is 2.81. The van der Waals surface area contributed by atoms with Crippen LogP contribution in [0.15, 0.2) is 77.0 Å². The number of ether oxygens (including phenoxy) is 5. The molecule has 3 aromatic rings. The Labute approximate surface area is 265 Å². The summed E-state index contributed by atoms with van der Waals surface area (Å²) in [5.74, 6) is 1.19. The maximum atomic E-state index is 12.4. The number of carbonyl (C=O) groups excluding carboxylic acids is 2. The molecule has 2 amide bonds. The molecule has 2 atom stereocenters. The van der Waals surface area contributed by atoms with Crippen molar-refractivity contribution >= 4 is 29.8 Å². The van der Waals surface area contributed by atoms with E-state index < -0.39 is 24.3 Å². The lowest BCUT2D eigenvalue weighted by Gasteiger charge is -2.28. The van der Waals surface area contributed by atoms with Gasteiger partial charge in [-0.3, -0.25) is 5.43 Å². The zero-order chi connectivity index (χ0) is 32.3. The first-order valence-electron chi connectivity index (χ1n) is 14.0. The Morgan fingerprint density at radius 2 is 1.80 bits per heavy atom. The Bertz CT molecular complexity index is 1580. The number of esters is 1. The highest BCUT2D eigenvalue weighted by molar-refractivity contribution is 6.31. The van der Waals surface area contributed by atoms with Gasteiger partial charge in [0, 0.05) is 16.3 Å². The molecule has 238 valence electrons. The summed E-state index contributed by atoms with van der Waals surface area (Å²) in [4.78, 5) is 24.6. The molecule has 4 N–H and O–H groups in total. The number of methoxy groups -OCH3 is 2. The van der Waals surface area contributed by atoms with Gasteiger partial charge >= 0.3 is 12.0 Å². The monoisotopic (exact) mass is 638 g/mol. The fraction of sp³-hybridized carbons (Fsp3) is 0.281. The second-order valence-electron chi connectivity index (χ2n) is 9.71. The number of rotatable bonds is 14. The van der Waals surface area contributed by atoms with Gasteiger partial charge in [0.2, 0.25) is 0 Å². The molecule has 4 rings (SSSR count). The van der Waals surface area contributed by atoms with E-state index in [4.69, 9.17) is 35.3 Å². The van der Waals surface area contributed by atoms with Crippen molar-refractivity contribution in [2.45, 2.75) is 32.7 Å². The fourth-order valence-electron chi connectivity index (χ4n) is 4.47. The Hall–Kier alpha value is -4.94. The number of hydrazone groups is 1. The maximum absolute atomic E-state index is 12.4. The minimum Gasteiger partial charge on any atom is -0.493 e. The molecule has 1 aliphatic rings. The van der Waals surface area contributed by atoms with Crippen LogP contribution < -0.4 is 35.0 Å². The number of urea groups is 1. The Morgan fingerprint density at radius 1 is 1.04 bits per heavy atom. The molecule has 45 heavy (non-hydrogen) atoms. The number of halogens is 1. The molecular formula is C32H35ClN4O8. The van der Waals surface area contributed by atoms with Crippen LogP contribution in [0.1, 0.15) is 36.6 Å². The highest BCUT2D eigenvalue weighted by Gasteiger charge is 2.32. The number of benzene rings is 3. The maximum Gasteiger partial charge on any atom is 0.337 e. The Balaban J connectivity index is 1.37. The van der Waals surface area contributed by atoms with Crippen molar-refractivity contribution in [3.8, 4) is 23.0 Å². The van der Waals surface area contributed by atoms with Gasteiger partial charge < -0.3 is 39.4 Å². The lowest BCUT2D eigenvalue weighted by molar-refractivity contribution is -0.136. The average Bonchev–Trinajstić information content (AvgIpc) is 3.03. The van der Waals surface area contributed by atoms with Gasteiger partial charge in [-0.25, -0.2) is 9.59 Å². The molecule has 0 bridgehead atoms. The number of aliphatic hydroxyl groups is 1. The molecule has 0 spiro atoms. The van der Waals surface area contributed by atoms with Crippen molar-refractivity contribution in [2.24, 2.45) is 5.10 Å². The van der Waals surface area contributed by atoms with Gasteiger partial charge in [-0.2, -0.15) is 5.10 Å². The van der Waals surface area contributed by atoms with Crippen LogP contribution in [0.4, 0.5) is 4.79 Å². The van der Waals surface area contributed by atoms with E-state index in [0.29, 0.717) is 51.5 Å². The third kappa shape index (κ3) is 8.58. The van der Waals surface area contributed by atoms with E-state index in [1.807, 2.05) is 25.1 Å². The van der Waals surface area contributed by atoms with Crippen LogP contribution in [0.5, 0.6) is 23.0 Å². The molecule has 0 saturated carbocycles. The van der Waals surface area contributed by atoms with E-state index in [-0.39, 0.29) is 18.8 Å². The topological polar surface area (TPSA) is 149 Å². The first-order chi connectivity index (χ1) is 21.7. The number of hydrogen-bond donors (Lipinski definition) is 4. The fourth-order valence-corrected chi connectivity index (χ4v) is 4.66. The second kappa shape index (κ2) is 15.7. The molecular weight excluding hydrogens is 604 g/mol. The molecule has 0 radical (unpaired) electrons. The molecule has 0 aromatic heterocycles. The molecule has 1 heterocycles. The predicted octanol–water partition coefficient (Wildman–Crippen LogP) is 4.45. The molecule has 1 aliphatic heterocycles. The van der Waals surface area contributed by atoms with Crippen LogP contribution in [-0.2, 0) is 16.1 Å². The van der Waals surface area contributed by atoms with Crippen molar-refractivity contribution in [3.05, 3.63) is 93.6 Å². The zero-order valence-electron chi connectivity index (χ0n) is 25.3. The van der Waals surface area contributed by atoms with E-state index in [0.717, 1.165) is 5.56 Å². The van der Waals surface area contributed by atoms with Crippen molar-refractivity contribution in [3.63, 3.8) is 0 Å². The van der Waals surface area contributed by atoms with Crippen LogP contribution in [-0.4, -0.2) is 57.0 Å². The van der Waals surface area contributed by atoms with Gasteiger partial charge in [0.05, 0.1) is 38.7 Å². The summed E-state index contributed by atoms with van der Waals surface area (Å²) >= 11 is 6.21. The van der Waals surface area contributed by atoms with Crippen molar-refractivity contribution < 1.29 is 38.4 Å². The quantitative estimate of drug-likeness (QED) is 0.0870. The van der Waals surface area contributed by atoms with E-state index in [9.17, 15) is 14.7 Å². The number of carbonyl (C=O) groups is 2. The minimum absolute atomic E-state index is 0.161. The van der Waals surface area contributed by atoms with Gasteiger partial charge in [0.1, 0.15) is 13.2 Å². The minimum atomic E-state index is -1.16. The molecule has 0 aliphatic carbocycles. The average molecular weight is 639 g/mol. The van der Waals surface area contributed by atoms with Gasteiger partial charge in [-0.1, -0.05) is 35.9 Å². The second-order valence-corrected chi connectivity index (χ2v) is 10.1. The number of aliphatic hydroxyl groups excluding tert-OH is 1. The Morgan fingerprint density at radius 3 is 2.53 bits per heavy atom. The third-order valence-electron chi connectivity index (χ3n) is 6.64. The number of nitrogens with zero attached hydrogens (tertiary/aromatic N) is 1. The summed E-state index contributed by atoms with van der Waals surface area (Å²) in [5, 5.41) is 20.5. The van der Waals surface area contributed by atoms with Gasteiger partial charge in [-0.15, -0.1) is 0 Å². The summed E-state index contributed by atoms with van der Waals surface area (Å²) in [6, 6.07) is 16.5. The molecule has 3 aromatic carbocycles. The number of allylic oxidation sites excluding steroid dienone is 1. The molecule has 13 heteroatoms. The van der Waals surface area contributed by atoms with Crippen molar-refractivity contribution in [1.82, 2.24) is 16.1 Å². The van der Waals surface area contributed by atoms with Gasteiger partial charge in [0.15, 0.2) is 29.2 Å². The van der Waals surface area contributed by atoms with Crippen LogP contribution >= 0.6 is 11.6 Å². The highest BCUT2D eigenvalue weighted by Crippen LogP contribution is 2.35. The zero-order valence-corrected chi connectivity index (χ0v) is 26.0. The summed E-state index contributed by atoms with van der Waals surface area (Å²) in [5.41, 5.74) is 5.41. The standard InChI is InChI=1S/C32H35ClN4O8/c1-5-43-27-15-21(30-29(31(39)42-4)19(2)35-32(40)36-30)11-13-25(27)45-18-28(38)37-34-16-20-10-12-24(26(14-20)41-3)44-17-22-8-6-7-9-23(22)33/h6-16,28,30,37-38H,5,17-18H2,1-4H3,(H2,35,36,40)/b34-16-/t28-,30-/m1/s1. The smallest absolute Gasteiger partial charge is 0.337 e. The third-order valence-corrected chi connectivity index (χ3v) is 7.01. The molecule has 0 saturated heterocycles. The van der Waals surface area contributed by atoms with E-state index >= 15 is 0 Å². The van der Waals surface area contributed by atoms with Gasteiger partial charge in [-0.05, 0) is 61.4 Å². The number of hydrogen-bond acceptors (Lipinski definition) is 10.